The average molecular weight is 406 g/mol. The number of likely N-dealkylation sites (tertiary alicyclic amines) is 1. The second-order valence-corrected chi connectivity index (χ2v) is 8.11. The number of hydrogen-bond acceptors (Lipinski definition) is 4. The van der Waals surface area contributed by atoms with Crippen LogP contribution in [0.3, 0.4) is 0 Å². The maximum atomic E-state index is 12.6. The third-order valence-electron chi connectivity index (χ3n) is 6.30. The van der Waals surface area contributed by atoms with Crippen LogP contribution in [-0.2, 0) is 11.3 Å². The number of hydrogen-bond donors (Lipinski definition) is 0. The number of nitrogens with zero attached hydrogens (tertiary/aromatic N) is 3. The fourth-order valence-corrected chi connectivity index (χ4v) is 4.45. The summed E-state index contributed by atoms with van der Waals surface area (Å²) in [5.41, 5.74) is 2.03. The van der Waals surface area contributed by atoms with Gasteiger partial charge < -0.3 is 9.32 Å². The van der Waals surface area contributed by atoms with Gasteiger partial charge in [-0.2, -0.15) is 0 Å². The van der Waals surface area contributed by atoms with Gasteiger partial charge in [0.05, 0.1) is 5.69 Å². The minimum atomic E-state index is 0.158. The molecule has 1 amide bonds. The number of fused-ring (bicyclic) bond motifs is 1. The predicted molar refractivity (Wildman–Crippen MR) is 120 cm³/mol. The standard InChI is InChI=1S/C25H31N3O2/c1-4-28(5-2)25(29)20-13-15-27(16-14-20)17-23-18(3)30-24(26-23)22-12-8-10-19-9-6-7-11-21(19)22/h6-12,20H,4-5,13-17H2,1-3H3. The molecule has 0 radical (unpaired) electrons. The van der Waals surface area contributed by atoms with Gasteiger partial charge in [-0.15, -0.1) is 0 Å². The fraction of sp³-hybridized carbons (Fsp3) is 0.440. The van der Waals surface area contributed by atoms with Gasteiger partial charge in [-0.05, 0) is 63.5 Å². The van der Waals surface area contributed by atoms with Crippen molar-refractivity contribution in [2.75, 3.05) is 26.2 Å². The highest BCUT2D eigenvalue weighted by Gasteiger charge is 2.28. The Labute approximate surface area is 178 Å². The summed E-state index contributed by atoms with van der Waals surface area (Å²) in [7, 11) is 0. The molecule has 0 bridgehead atoms. The van der Waals surface area contributed by atoms with Crippen LogP contribution >= 0.6 is 0 Å². The number of aryl methyl sites for hydroxylation is 1. The maximum Gasteiger partial charge on any atom is 0.227 e. The van der Waals surface area contributed by atoms with Gasteiger partial charge in [-0.3, -0.25) is 9.69 Å². The van der Waals surface area contributed by atoms with Crippen LogP contribution in [0.4, 0.5) is 0 Å². The predicted octanol–water partition coefficient (Wildman–Crippen LogP) is 4.88. The van der Waals surface area contributed by atoms with Crippen molar-refractivity contribution in [3.05, 3.63) is 53.9 Å². The first kappa shape index (κ1) is 20.6. The van der Waals surface area contributed by atoms with Gasteiger partial charge in [0.2, 0.25) is 11.8 Å². The van der Waals surface area contributed by atoms with Crippen molar-refractivity contribution in [3.8, 4) is 11.5 Å². The van der Waals surface area contributed by atoms with Gasteiger partial charge in [0.15, 0.2) is 0 Å². The molecular weight excluding hydrogens is 374 g/mol. The molecule has 1 fully saturated rings. The van der Waals surface area contributed by atoms with Crippen LogP contribution in [0.2, 0.25) is 0 Å². The number of piperidine rings is 1. The van der Waals surface area contributed by atoms with E-state index in [1.807, 2.05) is 24.0 Å². The van der Waals surface area contributed by atoms with Crippen molar-refractivity contribution in [2.24, 2.45) is 5.92 Å². The van der Waals surface area contributed by atoms with Crippen LogP contribution in [-0.4, -0.2) is 46.9 Å². The zero-order valence-corrected chi connectivity index (χ0v) is 18.2. The Hall–Kier alpha value is -2.66. The second-order valence-electron chi connectivity index (χ2n) is 8.11. The van der Waals surface area contributed by atoms with E-state index >= 15 is 0 Å². The van der Waals surface area contributed by atoms with E-state index in [1.54, 1.807) is 0 Å². The molecule has 0 saturated carbocycles. The molecule has 0 atom stereocenters. The third kappa shape index (κ3) is 4.12. The Morgan fingerprint density at radius 2 is 1.80 bits per heavy atom. The largest absolute Gasteiger partial charge is 0.441 e. The monoisotopic (exact) mass is 405 g/mol. The summed E-state index contributed by atoms with van der Waals surface area (Å²) in [4.78, 5) is 21.8. The van der Waals surface area contributed by atoms with E-state index in [9.17, 15) is 4.79 Å². The lowest BCUT2D eigenvalue weighted by molar-refractivity contribution is -0.136. The molecule has 3 aromatic rings. The van der Waals surface area contributed by atoms with Crippen molar-refractivity contribution in [2.45, 2.75) is 40.2 Å². The normalized spacial score (nSPS) is 15.6. The lowest BCUT2D eigenvalue weighted by Crippen LogP contribution is -2.42. The molecule has 2 aromatic carbocycles. The molecule has 5 nitrogen and oxygen atoms in total. The van der Waals surface area contributed by atoms with E-state index in [-0.39, 0.29) is 5.92 Å². The molecule has 1 saturated heterocycles. The number of carbonyl (C=O) groups excluding carboxylic acids is 1. The molecule has 0 spiro atoms. The molecule has 1 aliphatic heterocycles. The number of aromatic nitrogens is 1. The smallest absolute Gasteiger partial charge is 0.227 e. The van der Waals surface area contributed by atoms with Gasteiger partial charge in [-0.1, -0.05) is 36.4 Å². The quantitative estimate of drug-likeness (QED) is 0.586. The number of carbonyl (C=O) groups is 1. The molecule has 0 N–H and O–H groups in total. The molecular formula is C25H31N3O2. The summed E-state index contributed by atoms with van der Waals surface area (Å²) in [6.45, 7) is 10.3. The number of oxazole rings is 1. The lowest BCUT2D eigenvalue weighted by Gasteiger charge is -2.33. The van der Waals surface area contributed by atoms with E-state index in [1.165, 1.54) is 5.39 Å². The molecule has 0 unspecified atom stereocenters. The van der Waals surface area contributed by atoms with Crippen molar-refractivity contribution in [3.63, 3.8) is 0 Å². The lowest BCUT2D eigenvalue weighted by atomic mass is 9.95. The first-order valence-electron chi connectivity index (χ1n) is 11.1. The number of amides is 1. The molecule has 158 valence electrons. The highest BCUT2D eigenvalue weighted by atomic mass is 16.4. The maximum absolute atomic E-state index is 12.6. The molecule has 30 heavy (non-hydrogen) atoms. The zero-order valence-electron chi connectivity index (χ0n) is 18.2. The molecule has 5 heteroatoms. The van der Waals surface area contributed by atoms with E-state index in [2.05, 4.69) is 49.1 Å². The van der Waals surface area contributed by atoms with Crippen molar-refractivity contribution < 1.29 is 9.21 Å². The van der Waals surface area contributed by atoms with Gasteiger partial charge in [0.1, 0.15) is 5.76 Å². The topological polar surface area (TPSA) is 49.6 Å². The van der Waals surface area contributed by atoms with Crippen molar-refractivity contribution in [1.82, 2.24) is 14.8 Å². The summed E-state index contributed by atoms with van der Waals surface area (Å²) in [6.07, 6.45) is 1.84. The van der Waals surface area contributed by atoms with Crippen molar-refractivity contribution >= 4 is 16.7 Å². The summed E-state index contributed by atoms with van der Waals surface area (Å²) in [5, 5.41) is 2.34. The van der Waals surface area contributed by atoms with Crippen LogP contribution in [0.5, 0.6) is 0 Å². The first-order valence-corrected chi connectivity index (χ1v) is 11.1. The Balaban J connectivity index is 1.45. The molecule has 2 heterocycles. The van der Waals surface area contributed by atoms with E-state index < -0.39 is 0 Å². The Morgan fingerprint density at radius 3 is 2.53 bits per heavy atom. The Morgan fingerprint density at radius 1 is 1.10 bits per heavy atom. The third-order valence-corrected chi connectivity index (χ3v) is 6.30. The van der Waals surface area contributed by atoms with Crippen LogP contribution in [0.25, 0.3) is 22.2 Å². The SMILES string of the molecule is CCN(CC)C(=O)C1CCN(Cc2nc(-c3cccc4ccccc34)oc2C)CC1. The minimum Gasteiger partial charge on any atom is -0.441 e. The first-order chi connectivity index (χ1) is 14.6. The van der Waals surface area contributed by atoms with Gasteiger partial charge in [0, 0.05) is 31.1 Å². The Kier molecular flexibility index (Phi) is 6.18. The molecule has 1 aromatic heterocycles. The van der Waals surface area contributed by atoms with E-state index in [0.717, 1.165) is 68.0 Å². The molecule has 0 aliphatic carbocycles. The summed E-state index contributed by atoms with van der Waals surface area (Å²) in [5.74, 6) is 2.03. The average Bonchev–Trinajstić information content (AvgIpc) is 3.14. The number of benzene rings is 2. The van der Waals surface area contributed by atoms with Crippen LogP contribution in [0, 0.1) is 12.8 Å². The summed E-state index contributed by atoms with van der Waals surface area (Å²) in [6, 6.07) is 14.6. The van der Waals surface area contributed by atoms with E-state index in [4.69, 9.17) is 9.40 Å². The van der Waals surface area contributed by atoms with Gasteiger partial charge >= 0.3 is 0 Å². The second kappa shape index (κ2) is 9.00. The summed E-state index contributed by atoms with van der Waals surface area (Å²) >= 11 is 0. The minimum absolute atomic E-state index is 0.158. The van der Waals surface area contributed by atoms with Crippen LogP contribution in [0.15, 0.2) is 46.9 Å². The van der Waals surface area contributed by atoms with Crippen molar-refractivity contribution in [1.29, 1.82) is 0 Å². The zero-order chi connectivity index (χ0) is 21.1. The molecule has 4 rings (SSSR count). The van der Waals surface area contributed by atoms with Crippen LogP contribution < -0.4 is 0 Å². The highest BCUT2D eigenvalue weighted by Crippen LogP contribution is 2.30. The molecule has 1 aliphatic rings. The number of rotatable bonds is 6. The van der Waals surface area contributed by atoms with E-state index in [0.29, 0.717) is 11.8 Å². The van der Waals surface area contributed by atoms with Gasteiger partial charge in [0.25, 0.3) is 0 Å². The fourth-order valence-electron chi connectivity index (χ4n) is 4.45. The highest BCUT2D eigenvalue weighted by molar-refractivity contribution is 5.94. The van der Waals surface area contributed by atoms with Crippen LogP contribution in [0.1, 0.15) is 38.1 Å². The summed E-state index contributed by atoms with van der Waals surface area (Å²) < 4.78 is 6.07. The van der Waals surface area contributed by atoms with Gasteiger partial charge in [-0.25, -0.2) is 4.98 Å². The Bertz CT molecular complexity index is 1010.